The molecule has 1 unspecified atom stereocenters. The fraction of sp³-hybridized carbons (Fsp3) is 0.438. The van der Waals surface area contributed by atoms with E-state index in [4.69, 9.17) is 5.73 Å². The Labute approximate surface area is 125 Å². The lowest BCUT2D eigenvalue weighted by Crippen LogP contribution is -2.34. The average Bonchev–Trinajstić information content (AvgIpc) is 2.95. The van der Waals surface area contributed by atoms with Gasteiger partial charge in [0.25, 0.3) is 0 Å². The van der Waals surface area contributed by atoms with Crippen LogP contribution in [0.3, 0.4) is 0 Å². The van der Waals surface area contributed by atoms with Gasteiger partial charge in [-0.3, -0.25) is 4.68 Å². The Morgan fingerprint density at radius 1 is 1.33 bits per heavy atom. The van der Waals surface area contributed by atoms with E-state index < -0.39 is 0 Å². The maximum atomic E-state index is 14.1. The van der Waals surface area contributed by atoms with Crippen molar-refractivity contribution in [3.05, 3.63) is 48.0 Å². The van der Waals surface area contributed by atoms with Crippen molar-refractivity contribution in [1.82, 2.24) is 9.78 Å². The average molecular weight is 290 g/mol. The minimum atomic E-state index is -0.228. The van der Waals surface area contributed by atoms with Crippen molar-refractivity contribution in [1.29, 1.82) is 0 Å². The Morgan fingerprint density at radius 2 is 2.05 bits per heavy atom. The highest BCUT2D eigenvalue weighted by Crippen LogP contribution is 2.28. The van der Waals surface area contributed by atoms with Gasteiger partial charge in [0.15, 0.2) is 0 Å². The first-order chi connectivity index (χ1) is 10.1. The number of hydrogen-bond acceptors (Lipinski definition) is 3. The van der Waals surface area contributed by atoms with Gasteiger partial charge in [0.1, 0.15) is 5.82 Å². The Kier molecular flexibility index (Phi) is 4.96. The molecule has 1 aromatic heterocycles. The first-order valence-electron chi connectivity index (χ1n) is 7.33. The molecule has 2 aromatic rings. The van der Waals surface area contributed by atoms with Gasteiger partial charge < -0.3 is 10.6 Å². The van der Waals surface area contributed by atoms with Crippen molar-refractivity contribution in [2.45, 2.75) is 32.9 Å². The molecule has 114 valence electrons. The Bertz CT molecular complexity index is 579. The number of para-hydroxylation sites is 1. The lowest BCUT2D eigenvalue weighted by atomic mass is 10.1. The van der Waals surface area contributed by atoms with Crippen molar-refractivity contribution in [2.75, 3.05) is 18.0 Å². The van der Waals surface area contributed by atoms with Crippen molar-refractivity contribution < 1.29 is 4.39 Å². The van der Waals surface area contributed by atoms with E-state index in [9.17, 15) is 4.39 Å². The van der Waals surface area contributed by atoms with Crippen molar-refractivity contribution >= 4 is 5.69 Å². The molecule has 1 aromatic carbocycles. The summed E-state index contributed by atoms with van der Waals surface area (Å²) < 4.78 is 16.0. The molecular weight excluding hydrogens is 267 g/mol. The quantitative estimate of drug-likeness (QED) is 0.889. The fourth-order valence-electron chi connectivity index (χ4n) is 2.49. The third-order valence-electron chi connectivity index (χ3n) is 3.64. The van der Waals surface area contributed by atoms with E-state index in [2.05, 4.69) is 18.9 Å². The minimum absolute atomic E-state index is 0.0839. The Morgan fingerprint density at radius 3 is 2.57 bits per heavy atom. The van der Waals surface area contributed by atoms with Gasteiger partial charge in [-0.15, -0.1) is 0 Å². The summed E-state index contributed by atoms with van der Waals surface area (Å²) in [7, 11) is 0. The molecule has 0 aliphatic rings. The van der Waals surface area contributed by atoms with E-state index in [1.54, 1.807) is 12.1 Å². The molecule has 0 spiro atoms. The van der Waals surface area contributed by atoms with Gasteiger partial charge in [-0.2, -0.15) is 5.10 Å². The third-order valence-corrected chi connectivity index (χ3v) is 3.64. The minimum Gasteiger partial charge on any atom is -0.361 e. The number of anilines is 1. The molecular formula is C16H23FN4. The zero-order valence-corrected chi connectivity index (χ0v) is 12.8. The van der Waals surface area contributed by atoms with E-state index >= 15 is 0 Å². The molecule has 4 nitrogen and oxygen atoms in total. The highest BCUT2D eigenvalue weighted by molar-refractivity contribution is 5.50. The van der Waals surface area contributed by atoms with Gasteiger partial charge in [0, 0.05) is 30.9 Å². The highest BCUT2D eigenvalue weighted by atomic mass is 19.1. The molecule has 2 N–H and O–H groups in total. The predicted molar refractivity (Wildman–Crippen MR) is 83.8 cm³/mol. The lowest BCUT2D eigenvalue weighted by Gasteiger charge is -2.31. The molecule has 1 heterocycles. The Balaban J connectivity index is 2.35. The summed E-state index contributed by atoms with van der Waals surface area (Å²) in [4.78, 5) is 1.98. The molecule has 0 bridgehead atoms. The van der Waals surface area contributed by atoms with Crippen LogP contribution in [0, 0.1) is 5.82 Å². The topological polar surface area (TPSA) is 47.1 Å². The summed E-state index contributed by atoms with van der Waals surface area (Å²) in [5.74, 6) is -0.228. The van der Waals surface area contributed by atoms with Crippen LogP contribution in [0.4, 0.5) is 10.1 Å². The zero-order chi connectivity index (χ0) is 15.4. The molecule has 1 atom stereocenters. The van der Waals surface area contributed by atoms with Gasteiger partial charge in [-0.1, -0.05) is 12.1 Å². The molecule has 21 heavy (non-hydrogen) atoms. The predicted octanol–water partition coefficient (Wildman–Crippen LogP) is 3.13. The number of hydrogen-bond donors (Lipinski definition) is 1. The van der Waals surface area contributed by atoms with Crippen LogP contribution < -0.4 is 10.6 Å². The molecule has 0 amide bonds. The number of nitrogens with two attached hydrogens (primary N) is 1. The number of rotatable bonds is 6. The van der Waals surface area contributed by atoms with Crippen LogP contribution in [0.15, 0.2) is 36.7 Å². The number of aromatic nitrogens is 2. The van der Waals surface area contributed by atoms with E-state index in [1.165, 1.54) is 6.07 Å². The van der Waals surface area contributed by atoms with Gasteiger partial charge in [0.2, 0.25) is 0 Å². The molecule has 5 heteroatoms. The summed E-state index contributed by atoms with van der Waals surface area (Å²) in [6.45, 7) is 7.23. The Hall–Kier alpha value is -1.88. The first-order valence-corrected chi connectivity index (χ1v) is 7.33. The van der Waals surface area contributed by atoms with E-state index in [0.29, 0.717) is 24.8 Å². The second-order valence-electron chi connectivity index (χ2n) is 5.34. The van der Waals surface area contributed by atoms with Crippen LogP contribution >= 0.6 is 0 Å². The summed E-state index contributed by atoms with van der Waals surface area (Å²) in [5, 5.41) is 4.36. The smallest absolute Gasteiger partial charge is 0.146 e. The zero-order valence-electron chi connectivity index (χ0n) is 12.8. The summed E-state index contributed by atoms with van der Waals surface area (Å²) in [6.07, 6.45) is 3.81. The SMILES string of the molecule is CCN(c1ccccc1F)C(CN)c1cnn(C(C)C)c1. The molecule has 0 aliphatic carbocycles. The largest absolute Gasteiger partial charge is 0.361 e. The molecule has 2 rings (SSSR count). The summed E-state index contributed by atoms with van der Waals surface area (Å²) in [5.41, 5.74) is 7.54. The lowest BCUT2D eigenvalue weighted by molar-refractivity contribution is 0.530. The summed E-state index contributed by atoms with van der Waals surface area (Å²) >= 11 is 0. The van der Waals surface area contributed by atoms with E-state index in [0.717, 1.165) is 5.56 Å². The van der Waals surface area contributed by atoms with Crippen molar-refractivity contribution in [3.8, 4) is 0 Å². The number of benzene rings is 1. The van der Waals surface area contributed by atoms with Crippen molar-refractivity contribution in [2.24, 2.45) is 5.73 Å². The highest BCUT2D eigenvalue weighted by Gasteiger charge is 2.22. The van der Waals surface area contributed by atoms with Crippen molar-refractivity contribution in [3.63, 3.8) is 0 Å². The monoisotopic (exact) mass is 290 g/mol. The molecule has 0 saturated carbocycles. The van der Waals surface area contributed by atoms with Gasteiger partial charge in [-0.25, -0.2) is 4.39 Å². The molecule has 0 radical (unpaired) electrons. The van der Waals surface area contributed by atoms with Crippen LogP contribution in [0.25, 0.3) is 0 Å². The van der Waals surface area contributed by atoms with Gasteiger partial charge in [-0.05, 0) is 32.9 Å². The second-order valence-corrected chi connectivity index (χ2v) is 5.34. The van der Waals surface area contributed by atoms with Crippen LogP contribution in [0.2, 0.25) is 0 Å². The summed E-state index contributed by atoms with van der Waals surface area (Å²) in [6, 6.07) is 7.00. The molecule has 0 saturated heterocycles. The van der Waals surface area contributed by atoms with Crippen LogP contribution in [-0.4, -0.2) is 22.9 Å². The molecule has 0 aliphatic heterocycles. The van der Waals surface area contributed by atoms with Gasteiger partial charge in [0.05, 0.1) is 17.9 Å². The molecule has 0 fully saturated rings. The number of nitrogens with zero attached hydrogens (tertiary/aromatic N) is 3. The third kappa shape index (κ3) is 3.24. The standard InChI is InChI=1S/C16H23FN4/c1-4-20(15-8-6-5-7-14(15)17)16(9-18)13-10-19-21(11-13)12(2)3/h5-8,10-12,16H,4,9,18H2,1-3H3. The maximum Gasteiger partial charge on any atom is 0.146 e. The first kappa shape index (κ1) is 15.5. The van der Waals surface area contributed by atoms with Crippen LogP contribution in [-0.2, 0) is 0 Å². The van der Waals surface area contributed by atoms with Crippen LogP contribution in [0.5, 0.6) is 0 Å². The maximum absolute atomic E-state index is 14.1. The number of likely N-dealkylation sites (N-methyl/N-ethyl adjacent to an activating group) is 1. The van der Waals surface area contributed by atoms with Gasteiger partial charge >= 0.3 is 0 Å². The van der Waals surface area contributed by atoms with E-state index in [-0.39, 0.29) is 11.9 Å². The van der Waals surface area contributed by atoms with Crippen LogP contribution in [0.1, 0.15) is 38.4 Å². The normalized spacial score (nSPS) is 12.7. The van der Waals surface area contributed by atoms with E-state index in [1.807, 2.05) is 35.0 Å². The number of halogens is 1. The fourth-order valence-corrected chi connectivity index (χ4v) is 2.49. The second kappa shape index (κ2) is 6.72.